The predicted molar refractivity (Wildman–Crippen MR) is 107 cm³/mol. The first-order valence-corrected chi connectivity index (χ1v) is 8.74. The maximum atomic E-state index is 8.56. The van der Waals surface area contributed by atoms with Gasteiger partial charge in [-0.1, -0.05) is 53.4 Å². The minimum atomic E-state index is -1.83. The van der Waals surface area contributed by atoms with E-state index in [0.717, 1.165) is 0 Å². The molecule has 0 radical (unpaired) electrons. The Bertz CT molecular complexity index is 208. The molecule has 0 unspecified atom stereocenters. The van der Waals surface area contributed by atoms with Gasteiger partial charge in [-0.15, -0.1) is 24.0 Å². The third kappa shape index (κ3) is 23.6. The van der Waals surface area contributed by atoms with Crippen LogP contribution in [0.4, 0.5) is 4.79 Å². The van der Waals surface area contributed by atoms with Crippen LogP contribution in [-0.2, 0) is 0 Å². The van der Waals surface area contributed by atoms with Gasteiger partial charge in [-0.3, -0.25) is 0 Å². The molecule has 0 aliphatic heterocycles. The van der Waals surface area contributed by atoms with Crippen molar-refractivity contribution >= 4 is 30.1 Å². The van der Waals surface area contributed by atoms with Crippen LogP contribution >= 0.6 is 24.0 Å². The molecule has 0 fully saturated rings. The van der Waals surface area contributed by atoms with E-state index in [2.05, 4.69) is 27.7 Å². The molecule has 6 heteroatoms. The van der Waals surface area contributed by atoms with Gasteiger partial charge in [0.25, 0.3) is 0 Å². The number of nitrogens with zero attached hydrogens (tertiary/aromatic N) is 1. The van der Waals surface area contributed by atoms with Gasteiger partial charge in [-0.25, -0.2) is 4.79 Å². The van der Waals surface area contributed by atoms with Crippen molar-refractivity contribution in [1.29, 1.82) is 0 Å². The van der Waals surface area contributed by atoms with E-state index in [1.807, 2.05) is 0 Å². The fourth-order valence-electron chi connectivity index (χ4n) is 2.64. The molecule has 0 saturated heterocycles. The van der Waals surface area contributed by atoms with Crippen molar-refractivity contribution in [2.45, 2.75) is 79.1 Å². The molecule has 0 saturated carbocycles. The minimum Gasteiger partial charge on any atom is -1.00 e. The van der Waals surface area contributed by atoms with Crippen LogP contribution in [0.2, 0.25) is 0 Å². The van der Waals surface area contributed by atoms with Gasteiger partial charge in [-0.2, -0.15) is 0 Å². The molecular formula is C17H40IKNO3+. The Hall–Kier alpha value is 1.60. The molecule has 0 bridgehead atoms. The summed E-state index contributed by atoms with van der Waals surface area (Å²) in [6.45, 7) is 15.0. The maximum Gasteiger partial charge on any atom is 1.00 e. The van der Waals surface area contributed by atoms with Gasteiger partial charge < -0.3 is 16.1 Å². The first-order valence-electron chi connectivity index (χ1n) is 8.74. The van der Waals surface area contributed by atoms with Gasteiger partial charge in [0.15, 0.2) is 0 Å². The van der Waals surface area contributed by atoms with Crippen LogP contribution in [-0.4, -0.2) is 47.0 Å². The summed E-state index contributed by atoms with van der Waals surface area (Å²) in [6.07, 6.45) is 9.23. The van der Waals surface area contributed by atoms with Crippen LogP contribution in [0.1, 0.15) is 80.5 Å². The second-order valence-electron chi connectivity index (χ2n) is 5.93. The maximum absolute atomic E-state index is 8.56. The van der Waals surface area contributed by atoms with Gasteiger partial charge in [0, 0.05) is 0 Å². The SMILES string of the molecule is CCCC[N+](CCCC)(CCCC)CCCC.I.O=C(O)O.[H-].[K+]. The minimum absolute atomic E-state index is 0. The Labute approximate surface area is 205 Å². The van der Waals surface area contributed by atoms with Gasteiger partial charge in [0.1, 0.15) is 0 Å². The summed E-state index contributed by atoms with van der Waals surface area (Å²) in [6, 6.07) is 0. The Kier molecular flexibility index (Phi) is 33.1. The predicted octanol–water partition coefficient (Wildman–Crippen LogP) is 2.96. The van der Waals surface area contributed by atoms with E-state index in [9.17, 15) is 0 Å². The number of hydrogen-bond acceptors (Lipinski definition) is 1. The zero-order valence-electron chi connectivity index (χ0n) is 17.1. The van der Waals surface area contributed by atoms with E-state index in [1.165, 1.54) is 82.0 Å². The second-order valence-corrected chi connectivity index (χ2v) is 5.93. The summed E-state index contributed by atoms with van der Waals surface area (Å²) < 4.78 is 1.42. The number of rotatable bonds is 12. The average Bonchev–Trinajstić information content (AvgIpc) is 2.45. The van der Waals surface area contributed by atoms with Crippen molar-refractivity contribution in [3.63, 3.8) is 0 Å². The fraction of sp³-hybridized carbons (Fsp3) is 0.941. The van der Waals surface area contributed by atoms with Crippen molar-refractivity contribution in [1.82, 2.24) is 0 Å². The van der Waals surface area contributed by atoms with Crippen LogP contribution < -0.4 is 51.4 Å². The van der Waals surface area contributed by atoms with Crippen LogP contribution in [0.25, 0.3) is 0 Å². The van der Waals surface area contributed by atoms with Crippen LogP contribution in [0.3, 0.4) is 0 Å². The largest absolute Gasteiger partial charge is 1.00 e. The Morgan fingerprint density at radius 3 is 1.04 bits per heavy atom. The molecular weight excluding hydrogens is 432 g/mol. The zero-order chi connectivity index (χ0) is 16.6. The number of hydrogen-bond donors (Lipinski definition) is 2. The number of carboxylic acid groups (broad SMARTS) is 2. The van der Waals surface area contributed by atoms with E-state index in [-0.39, 0.29) is 76.8 Å². The van der Waals surface area contributed by atoms with Crippen LogP contribution in [0.5, 0.6) is 0 Å². The molecule has 0 amide bonds. The molecule has 138 valence electrons. The standard InChI is InChI=1S/C16H36N.CH2O3.HI.K.H/c1-5-9-13-17(14-10-6-2,15-11-7-3)16-12-8-4;2-1(3)4;;;/h5-16H2,1-4H3;(H2,2,3,4);1H;;/q+1;;;+1;-1. The summed E-state index contributed by atoms with van der Waals surface area (Å²) in [5, 5.41) is 13.9. The zero-order valence-corrected chi connectivity index (χ0v) is 21.6. The molecule has 0 atom stereocenters. The third-order valence-electron chi connectivity index (χ3n) is 3.94. The average molecular weight is 473 g/mol. The van der Waals surface area contributed by atoms with Crippen LogP contribution in [0.15, 0.2) is 0 Å². The number of quaternary nitrogens is 1. The van der Waals surface area contributed by atoms with Gasteiger partial charge >= 0.3 is 57.5 Å². The van der Waals surface area contributed by atoms with Crippen molar-refractivity contribution in [2.75, 3.05) is 26.2 Å². The Morgan fingerprint density at radius 1 is 0.739 bits per heavy atom. The summed E-state index contributed by atoms with van der Waals surface area (Å²) in [7, 11) is 0. The Balaban J connectivity index is -0.000000154. The molecule has 0 aliphatic carbocycles. The van der Waals surface area contributed by atoms with E-state index >= 15 is 0 Å². The number of carbonyl (C=O) groups is 1. The van der Waals surface area contributed by atoms with Crippen molar-refractivity contribution < 1.29 is 72.3 Å². The third-order valence-corrected chi connectivity index (χ3v) is 3.94. The monoisotopic (exact) mass is 472 g/mol. The van der Waals surface area contributed by atoms with Gasteiger partial charge in [0.2, 0.25) is 0 Å². The summed E-state index contributed by atoms with van der Waals surface area (Å²) >= 11 is 0. The van der Waals surface area contributed by atoms with Crippen molar-refractivity contribution in [2.24, 2.45) is 0 Å². The topological polar surface area (TPSA) is 57.5 Å². The van der Waals surface area contributed by atoms with E-state index < -0.39 is 6.16 Å². The van der Waals surface area contributed by atoms with E-state index in [1.54, 1.807) is 0 Å². The molecule has 0 rings (SSSR count). The molecule has 0 aromatic carbocycles. The second kappa shape index (κ2) is 23.6. The number of halogens is 1. The Morgan fingerprint density at radius 2 is 0.913 bits per heavy atom. The van der Waals surface area contributed by atoms with Crippen molar-refractivity contribution in [3.8, 4) is 0 Å². The molecule has 4 nitrogen and oxygen atoms in total. The molecule has 23 heavy (non-hydrogen) atoms. The van der Waals surface area contributed by atoms with Gasteiger partial charge in [0.05, 0.1) is 26.2 Å². The normalized spacial score (nSPS) is 9.91. The van der Waals surface area contributed by atoms with Crippen molar-refractivity contribution in [3.05, 3.63) is 0 Å². The first-order chi connectivity index (χ1) is 9.97. The quantitative estimate of drug-likeness (QED) is 0.261. The molecule has 0 aromatic heterocycles. The molecule has 2 N–H and O–H groups in total. The smallest absolute Gasteiger partial charge is 1.00 e. The summed E-state index contributed by atoms with van der Waals surface area (Å²) in [5.41, 5.74) is 0. The summed E-state index contributed by atoms with van der Waals surface area (Å²) in [4.78, 5) is 8.56. The van der Waals surface area contributed by atoms with Crippen LogP contribution in [0, 0.1) is 0 Å². The van der Waals surface area contributed by atoms with E-state index in [4.69, 9.17) is 15.0 Å². The summed E-state index contributed by atoms with van der Waals surface area (Å²) in [5.74, 6) is 0. The van der Waals surface area contributed by atoms with E-state index in [0.29, 0.717) is 0 Å². The van der Waals surface area contributed by atoms with Gasteiger partial charge in [-0.05, 0) is 25.7 Å². The molecule has 0 aliphatic rings. The molecule has 0 heterocycles. The molecule has 0 spiro atoms. The fourth-order valence-corrected chi connectivity index (χ4v) is 2.64. The number of unbranched alkanes of at least 4 members (excludes halogenated alkanes) is 4. The molecule has 0 aromatic rings. The first kappa shape index (κ1) is 32.3.